The Morgan fingerprint density at radius 3 is 2.93 bits per heavy atom. The molecule has 0 aliphatic heterocycles. The van der Waals surface area contributed by atoms with Crippen LogP contribution in [-0.4, -0.2) is 16.1 Å². The Balaban J connectivity index is 2.26. The molecule has 2 aromatic rings. The highest BCUT2D eigenvalue weighted by Crippen LogP contribution is 2.23. The zero-order valence-corrected chi connectivity index (χ0v) is 9.12. The van der Waals surface area contributed by atoms with Crippen LogP contribution in [0.25, 0.3) is 10.2 Å². The molecule has 0 saturated heterocycles. The summed E-state index contributed by atoms with van der Waals surface area (Å²) < 4.78 is 1.12. The summed E-state index contributed by atoms with van der Waals surface area (Å²) in [4.78, 5) is 15.1. The molecule has 1 heterocycles. The summed E-state index contributed by atoms with van der Waals surface area (Å²) in [5.74, 6) is -1.14. The Morgan fingerprint density at radius 2 is 2.27 bits per heavy atom. The second-order valence-corrected chi connectivity index (χ2v) is 4.63. The molecule has 1 atom stereocenters. The number of aromatic nitrogens is 1. The van der Waals surface area contributed by atoms with Crippen LogP contribution in [0.2, 0.25) is 0 Å². The van der Waals surface area contributed by atoms with E-state index in [0.717, 1.165) is 15.2 Å². The topological polar surface area (TPSA) is 50.2 Å². The summed E-state index contributed by atoms with van der Waals surface area (Å²) in [6.07, 6.45) is 0.509. The van der Waals surface area contributed by atoms with Gasteiger partial charge in [0.2, 0.25) is 0 Å². The molecule has 0 amide bonds. The van der Waals surface area contributed by atoms with Crippen molar-refractivity contribution >= 4 is 27.5 Å². The molecule has 4 heteroatoms. The van der Waals surface area contributed by atoms with E-state index < -0.39 is 5.97 Å². The lowest BCUT2D eigenvalue weighted by molar-refractivity contribution is -0.141. The van der Waals surface area contributed by atoms with Crippen molar-refractivity contribution in [3.63, 3.8) is 0 Å². The Bertz CT molecular complexity index is 459. The van der Waals surface area contributed by atoms with Gasteiger partial charge in [0.25, 0.3) is 0 Å². The predicted molar refractivity (Wildman–Crippen MR) is 60.1 cm³/mol. The van der Waals surface area contributed by atoms with Crippen LogP contribution in [0.5, 0.6) is 0 Å². The molecule has 1 aromatic heterocycles. The maximum Gasteiger partial charge on any atom is 0.306 e. The van der Waals surface area contributed by atoms with Gasteiger partial charge in [-0.2, -0.15) is 0 Å². The maximum absolute atomic E-state index is 10.7. The third-order valence-electron chi connectivity index (χ3n) is 2.24. The van der Waals surface area contributed by atoms with Gasteiger partial charge in [0.1, 0.15) is 0 Å². The minimum atomic E-state index is -0.769. The van der Waals surface area contributed by atoms with E-state index >= 15 is 0 Å². The van der Waals surface area contributed by atoms with E-state index in [1.54, 1.807) is 18.3 Å². The number of carbonyl (C=O) groups is 1. The number of thiazole rings is 1. The van der Waals surface area contributed by atoms with Crippen LogP contribution in [0.1, 0.15) is 11.9 Å². The molecule has 2 rings (SSSR count). The van der Waals surface area contributed by atoms with E-state index in [2.05, 4.69) is 4.98 Å². The van der Waals surface area contributed by atoms with Crippen molar-refractivity contribution in [1.29, 1.82) is 0 Å². The second-order valence-electron chi connectivity index (χ2n) is 3.52. The SMILES string of the molecule is CC(Cc1nc2ccccc2s1)C(=O)O. The lowest BCUT2D eigenvalue weighted by Crippen LogP contribution is -2.11. The van der Waals surface area contributed by atoms with Gasteiger partial charge in [0.15, 0.2) is 0 Å². The predicted octanol–water partition coefficient (Wildman–Crippen LogP) is 2.56. The van der Waals surface area contributed by atoms with Gasteiger partial charge >= 0.3 is 5.97 Å². The quantitative estimate of drug-likeness (QED) is 0.866. The number of para-hydroxylation sites is 1. The number of hydrogen-bond donors (Lipinski definition) is 1. The lowest BCUT2D eigenvalue weighted by atomic mass is 10.1. The largest absolute Gasteiger partial charge is 0.481 e. The molecule has 0 fully saturated rings. The number of hydrogen-bond acceptors (Lipinski definition) is 3. The van der Waals surface area contributed by atoms with E-state index in [1.165, 1.54) is 0 Å². The molecule has 0 saturated carbocycles. The number of carboxylic acids is 1. The molecule has 0 radical (unpaired) electrons. The van der Waals surface area contributed by atoms with E-state index in [9.17, 15) is 4.79 Å². The van der Waals surface area contributed by atoms with Crippen LogP contribution in [-0.2, 0) is 11.2 Å². The van der Waals surface area contributed by atoms with Crippen molar-refractivity contribution < 1.29 is 9.90 Å². The van der Waals surface area contributed by atoms with Crippen molar-refractivity contribution in [3.05, 3.63) is 29.3 Å². The van der Waals surface area contributed by atoms with Gasteiger partial charge < -0.3 is 5.11 Å². The fraction of sp³-hybridized carbons (Fsp3) is 0.273. The van der Waals surface area contributed by atoms with Gasteiger partial charge in [-0.05, 0) is 12.1 Å². The lowest BCUT2D eigenvalue weighted by Gasteiger charge is -2.00. The molecule has 1 unspecified atom stereocenters. The number of rotatable bonds is 3. The third kappa shape index (κ3) is 2.15. The zero-order valence-electron chi connectivity index (χ0n) is 8.30. The van der Waals surface area contributed by atoms with Crippen LogP contribution in [0, 0.1) is 5.92 Å². The first-order valence-corrected chi connectivity index (χ1v) is 5.55. The number of nitrogens with zero attached hydrogens (tertiary/aromatic N) is 1. The highest BCUT2D eigenvalue weighted by molar-refractivity contribution is 7.18. The first kappa shape index (κ1) is 10.1. The molecule has 0 bridgehead atoms. The molecular weight excluding hydrogens is 210 g/mol. The van der Waals surface area contributed by atoms with Crippen LogP contribution in [0.3, 0.4) is 0 Å². The second kappa shape index (κ2) is 3.98. The summed E-state index contributed by atoms with van der Waals surface area (Å²) in [5, 5.41) is 9.69. The van der Waals surface area contributed by atoms with Gasteiger partial charge in [-0.25, -0.2) is 4.98 Å². The Hall–Kier alpha value is -1.42. The van der Waals surface area contributed by atoms with Crippen molar-refractivity contribution in [1.82, 2.24) is 4.98 Å². The molecule has 3 nitrogen and oxygen atoms in total. The Kier molecular flexibility index (Phi) is 2.68. The van der Waals surface area contributed by atoms with E-state index in [4.69, 9.17) is 5.11 Å². The monoisotopic (exact) mass is 221 g/mol. The number of carboxylic acid groups (broad SMARTS) is 1. The molecule has 0 aliphatic carbocycles. The van der Waals surface area contributed by atoms with Gasteiger partial charge in [0, 0.05) is 6.42 Å². The van der Waals surface area contributed by atoms with Crippen molar-refractivity contribution in [2.75, 3.05) is 0 Å². The molecule has 1 aromatic carbocycles. The first-order chi connectivity index (χ1) is 7.16. The van der Waals surface area contributed by atoms with Gasteiger partial charge in [-0.3, -0.25) is 4.79 Å². The highest BCUT2D eigenvalue weighted by Gasteiger charge is 2.14. The molecule has 0 aliphatic rings. The molecule has 15 heavy (non-hydrogen) atoms. The average Bonchev–Trinajstić information content (AvgIpc) is 2.59. The minimum Gasteiger partial charge on any atom is -0.481 e. The highest BCUT2D eigenvalue weighted by atomic mass is 32.1. The maximum atomic E-state index is 10.7. The zero-order chi connectivity index (χ0) is 10.8. The summed E-state index contributed by atoms with van der Waals surface area (Å²) in [5.41, 5.74) is 0.954. The molecule has 78 valence electrons. The molecular formula is C11H11NO2S. The summed E-state index contributed by atoms with van der Waals surface area (Å²) in [6, 6.07) is 7.85. The Morgan fingerprint density at radius 1 is 1.53 bits per heavy atom. The van der Waals surface area contributed by atoms with E-state index in [-0.39, 0.29) is 5.92 Å². The van der Waals surface area contributed by atoms with E-state index in [0.29, 0.717) is 6.42 Å². The van der Waals surface area contributed by atoms with Gasteiger partial charge in [-0.1, -0.05) is 19.1 Å². The fourth-order valence-corrected chi connectivity index (χ4v) is 2.45. The van der Waals surface area contributed by atoms with Crippen LogP contribution < -0.4 is 0 Å². The molecule has 0 spiro atoms. The first-order valence-electron chi connectivity index (χ1n) is 4.74. The summed E-state index contributed by atoms with van der Waals surface area (Å²) >= 11 is 1.57. The number of fused-ring (bicyclic) bond motifs is 1. The normalized spacial score (nSPS) is 12.9. The van der Waals surface area contributed by atoms with Crippen molar-refractivity contribution in [2.45, 2.75) is 13.3 Å². The average molecular weight is 221 g/mol. The Labute approximate surface area is 91.4 Å². The fourth-order valence-electron chi connectivity index (χ4n) is 1.36. The van der Waals surface area contributed by atoms with Crippen molar-refractivity contribution in [2.24, 2.45) is 5.92 Å². The van der Waals surface area contributed by atoms with Gasteiger partial charge in [-0.15, -0.1) is 11.3 Å². The number of benzene rings is 1. The molecule has 1 N–H and O–H groups in total. The summed E-state index contributed by atoms with van der Waals surface area (Å²) in [7, 11) is 0. The smallest absolute Gasteiger partial charge is 0.306 e. The summed E-state index contributed by atoms with van der Waals surface area (Å²) in [6.45, 7) is 1.70. The number of aliphatic carboxylic acids is 1. The standard InChI is InChI=1S/C11H11NO2S/c1-7(11(13)14)6-10-12-8-4-2-3-5-9(8)15-10/h2-5,7H,6H2,1H3,(H,13,14). The minimum absolute atomic E-state index is 0.370. The van der Waals surface area contributed by atoms with Crippen LogP contribution in [0.4, 0.5) is 0 Å². The van der Waals surface area contributed by atoms with Gasteiger partial charge in [0.05, 0.1) is 21.1 Å². The third-order valence-corrected chi connectivity index (χ3v) is 3.30. The van der Waals surface area contributed by atoms with Crippen LogP contribution in [0.15, 0.2) is 24.3 Å². The van der Waals surface area contributed by atoms with E-state index in [1.807, 2.05) is 24.3 Å². The van der Waals surface area contributed by atoms with Crippen LogP contribution >= 0.6 is 11.3 Å². The van der Waals surface area contributed by atoms with Crippen molar-refractivity contribution in [3.8, 4) is 0 Å².